The molecule has 0 aliphatic carbocycles. The van der Waals surface area contributed by atoms with Gasteiger partial charge in [-0.15, -0.1) is 0 Å². The molecule has 0 saturated carbocycles. The van der Waals surface area contributed by atoms with Gasteiger partial charge in [0.05, 0.1) is 6.61 Å². The number of pyridine rings is 1. The first-order valence-corrected chi connectivity index (χ1v) is 5.18. The van der Waals surface area contributed by atoms with Crippen molar-refractivity contribution in [1.82, 2.24) is 10.5 Å². The maximum atomic E-state index is 11.3. The van der Waals surface area contributed by atoms with E-state index in [1.807, 2.05) is 26.0 Å². The van der Waals surface area contributed by atoms with Gasteiger partial charge in [-0.2, -0.15) is 0 Å². The van der Waals surface area contributed by atoms with E-state index >= 15 is 0 Å². The lowest BCUT2D eigenvalue weighted by molar-refractivity contribution is -0.129. The second-order valence-electron chi connectivity index (χ2n) is 3.79. The summed E-state index contributed by atoms with van der Waals surface area (Å²) in [7, 11) is 0. The molecular weight excluding hydrogens is 204 g/mol. The minimum absolute atomic E-state index is 0.274. The van der Waals surface area contributed by atoms with Crippen LogP contribution in [0.1, 0.15) is 19.4 Å². The van der Waals surface area contributed by atoms with E-state index in [0.717, 1.165) is 5.56 Å². The zero-order valence-corrected chi connectivity index (χ0v) is 9.51. The average molecular weight is 220 g/mol. The topological polar surface area (TPSA) is 51.2 Å². The quantitative estimate of drug-likeness (QED) is 0.608. The highest BCUT2D eigenvalue weighted by Gasteiger charge is 1.97. The van der Waals surface area contributed by atoms with E-state index in [1.54, 1.807) is 18.5 Å². The minimum Gasteiger partial charge on any atom is -0.273 e. The van der Waals surface area contributed by atoms with Gasteiger partial charge in [-0.3, -0.25) is 14.6 Å². The second kappa shape index (κ2) is 6.74. The Bertz CT molecular complexity index is 347. The number of carbonyl (C=O) groups is 1. The van der Waals surface area contributed by atoms with Crippen molar-refractivity contribution in [3.63, 3.8) is 0 Å². The van der Waals surface area contributed by atoms with Crippen LogP contribution < -0.4 is 5.48 Å². The Kier molecular flexibility index (Phi) is 5.22. The van der Waals surface area contributed by atoms with E-state index < -0.39 is 0 Å². The molecule has 1 amide bonds. The molecule has 0 aliphatic heterocycles. The van der Waals surface area contributed by atoms with E-state index in [4.69, 9.17) is 4.84 Å². The largest absolute Gasteiger partial charge is 0.273 e. The monoisotopic (exact) mass is 220 g/mol. The minimum atomic E-state index is -0.274. The van der Waals surface area contributed by atoms with Crippen molar-refractivity contribution < 1.29 is 9.63 Å². The number of hydrogen-bond acceptors (Lipinski definition) is 3. The van der Waals surface area contributed by atoms with Crippen LogP contribution in [0.25, 0.3) is 6.08 Å². The van der Waals surface area contributed by atoms with Gasteiger partial charge in [-0.05, 0) is 23.6 Å². The van der Waals surface area contributed by atoms with Crippen LogP contribution in [0.15, 0.2) is 30.6 Å². The SMILES string of the molecule is CC(C)CONC(=O)/C=C/c1cccnc1. The van der Waals surface area contributed by atoms with Gasteiger partial charge in [0.25, 0.3) is 5.91 Å². The van der Waals surface area contributed by atoms with E-state index in [9.17, 15) is 4.79 Å². The smallest absolute Gasteiger partial charge is 0.267 e. The molecule has 1 heterocycles. The van der Waals surface area contributed by atoms with Crippen molar-refractivity contribution in [2.75, 3.05) is 6.61 Å². The molecule has 16 heavy (non-hydrogen) atoms. The molecule has 86 valence electrons. The molecule has 0 radical (unpaired) electrons. The lowest BCUT2D eigenvalue weighted by atomic mass is 10.2. The fourth-order valence-corrected chi connectivity index (χ4v) is 0.960. The zero-order chi connectivity index (χ0) is 11.8. The molecule has 4 heteroatoms. The summed E-state index contributed by atoms with van der Waals surface area (Å²) in [5.41, 5.74) is 3.21. The molecule has 4 nitrogen and oxygen atoms in total. The van der Waals surface area contributed by atoms with Gasteiger partial charge in [0.15, 0.2) is 0 Å². The first-order chi connectivity index (χ1) is 7.68. The molecule has 0 aliphatic rings. The van der Waals surface area contributed by atoms with Gasteiger partial charge >= 0.3 is 0 Å². The van der Waals surface area contributed by atoms with Gasteiger partial charge < -0.3 is 0 Å². The van der Waals surface area contributed by atoms with Crippen molar-refractivity contribution in [2.45, 2.75) is 13.8 Å². The standard InChI is InChI=1S/C12H16N2O2/c1-10(2)9-16-14-12(15)6-5-11-4-3-7-13-8-11/h3-8,10H,9H2,1-2H3,(H,14,15)/b6-5+. The van der Waals surface area contributed by atoms with Gasteiger partial charge in [0, 0.05) is 18.5 Å². The fraction of sp³-hybridized carbons (Fsp3) is 0.333. The Hall–Kier alpha value is -1.68. The van der Waals surface area contributed by atoms with Crippen LogP contribution in [0, 0.1) is 5.92 Å². The predicted molar refractivity (Wildman–Crippen MR) is 62.2 cm³/mol. The molecule has 0 unspecified atom stereocenters. The number of nitrogens with zero attached hydrogens (tertiary/aromatic N) is 1. The van der Waals surface area contributed by atoms with Gasteiger partial charge in [-0.1, -0.05) is 19.9 Å². The summed E-state index contributed by atoms with van der Waals surface area (Å²) >= 11 is 0. The second-order valence-corrected chi connectivity index (χ2v) is 3.79. The third-order valence-electron chi connectivity index (χ3n) is 1.70. The first kappa shape index (κ1) is 12.4. The molecule has 0 aromatic carbocycles. The summed E-state index contributed by atoms with van der Waals surface area (Å²) in [5, 5.41) is 0. The lowest BCUT2D eigenvalue weighted by Gasteiger charge is -2.05. The third-order valence-corrected chi connectivity index (χ3v) is 1.70. The molecule has 0 spiro atoms. The van der Waals surface area contributed by atoms with E-state index in [-0.39, 0.29) is 5.91 Å². The molecule has 0 saturated heterocycles. The Morgan fingerprint density at radius 1 is 1.62 bits per heavy atom. The highest BCUT2D eigenvalue weighted by atomic mass is 16.6. The number of amides is 1. The molecule has 0 bridgehead atoms. The lowest BCUT2D eigenvalue weighted by Crippen LogP contribution is -2.23. The van der Waals surface area contributed by atoms with Crippen LogP contribution in [0.4, 0.5) is 0 Å². The molecule has 1 N–H and O–H groups in total. The van der Waals surface area contributed by atoms with Crippen molar-refractivity contribution in [3.05, 3.63) is 36.2 Å². The summed E-state index contributed by atoms with van der Waals surface area (Å²) in [6.45, 7) is 4.53. The first-order valence-electron chi connectivity index (χ1n) is 5.18. The summed E-state index contributed by atoms with van der Waals surface area (Å²) in [5.74, 6) is 0.118. The van der Waals surface area contributed by atoms with Crippen molar-refractivity contribution >= 4 is 12.0 Å². The number of hydroxylamine groups is 1. The van der Waals surface area contributed by atoms with E-state index in [2.05, 4.69) is 10.5 Å². The zero-order valence-electron chi connectivity index (χ0n) is 9.51. The average Bonchev–Trinajstić information content (AvgIpc) is 2.27. The van der Waals surface area contributed by atoms with Crippen LogP contribution in [0.2, 0.25) is 0 Å². The number of carbonyl (C=O) groups excluding carboxylic acids is 1. The number of rotatable bonds is 5. The van der Waals surface area contributed by atoms with Gasteiger partial charge in [0.1, 0.15) is 0 Å². The van der Waals surface area contributed by atoms with Gasteiger partial charge in [0.2, 0.25) is 0 Å². The predicted octanol–water partition coefficient (Wildman–Crippen LogP) is 1.80. The van der Waals surface area contributed by atoms with Crippen LogP contribution >= 0.6 is 0 Å². The molecule has 0 fully saturated rings. The maximum absolute atomic E-state index is 11.3. The summed E-state index contributed by atoms with van der Waals surface area (Å²) in [6, 6.07) is 3.68. The van der Waals surface area contributed by atoms with E-state index in [0.29, 0.717) is 12.5 Å². The van der Waals surface area contributed by atoms with Crippen molar-refractivity contribution in [3.8, 4) is 0 Å². The summed E-state index contributed by atoms with van der Waals surface area (Å²) in [4.78, 5) is 20.2. The molecule has 0 atom stereocenters. The Morgan fingerprint density at radius 2 is 2.44 bits per heavy atom. The van der Waals surface area contributed by atoms with Crippen LogP contribution in [-0.2, 0) is 9.63 Å². The number of aromatic nitrogens is 1. The highest BCUT2D eigenvalue weighted by molar-refractivity contribution is 5.90. The highest BCUT2D eigenvalue weighted by Crippen LogP contribution is 1.98. The Morgan fingerprint density at radius 3 is 3.06 bits per heavy atom. The van der Waals surface area contributed by atoms with Gasteiger partial charge in [-0.25, -0.2) is 5.48 Å². The molecule has 1 rings (SSSR count). The summed E-state index contributed by atoms with van der Waals surface area (Å²) < 4.78 is 0. The fourth-order valence-electron chi connectivity index (χ4n) is 0.960. The number of nitrogens with one attached hydrogen (secondary N) is 1. The van der Waals surface area contributed by atoms with Crippen molar-refractivity contribution in [1.29, 1.82) is 0 Å². The molecule has 1 aromatic rings. The Labute approximate surface area is 95.3 Å². The van der Waals surface area contributed by atoms with Crippen molar-refractivity contribution in [2.24, 2.45) is 5.92 Å². The van der Waals surface area contributed by atoms with Crippen LogP contribution in [0.5, 0.6) is 0 Å². The Balaban J connectivity index is 2.32. The number of hydrogen-bond donors (Lipinski definition) is 1. The summed E-state index contributed by atoms with van der Waals surface area (Å²) in [6.07, 6.45) is 6.46. The third kappa shape index (κ3) is 5.26. The maximum Gasteiger partial charge on any atom is 0.267 e. The molecule has 1 aromatic heterocycles. The van der Waals surface area contributed by atoms with Crippen LogP contribution in [-0.4, -0.2) is 17.5 Å². The normalized spacial score (nSPS) is 10.9. The van der Waals surface area contributed by atoms with Crippen LogP contribution in [0.3, 0.4) is 0 Å². The molecular formula is C12H16N2O2. The van der Waals surface area contributed by atoms with E-state index in [1.165, 1.54) is 6.08 Å².